The zero-order valence-electron chi connectivity index (χ0n) is 11.0. The van der Waals surface area contributed by atoms with Crippen LogP contribution in [0, 0.1) is 5.92 Å². The van der Waals surface area contributed by atoms with E-state index < -0.39 is 6.10 Å². The summed E-state index contributed by atoms with van der Waals surface area (Å²) in [7, 11) is 0. The molecule has 0 spiro atoms. The summed E-state index contributed by atoms with van der Waals surface area (Å²) in [6.45, 7) is 0. The maximum absolute atomic E-state index is 10.2. The minimum absolute atomic E-state index is 0.368. The summed E-state index contributed by atoms with van der Waals surface area (Å²) in [5, 5.41) is 14.1. The predicted molar refractivity (Wildman–Crippen MR) is 76.9 cm³/mol. The number of pyridine rings is 1. The highest BCUT2D eigenvalue weighted by molar-refractivity contribution is 9.10. The van der Waals surface area contributed by atoms with Crippen molar-refractivity contribution in [3.05, 3.63) is 28.7 Å². The third-order valence-electron chi connectivity index (χ3n) is 3.77. The van der Waals surface area contributed by atoms with Crippen LogP contribution in [0.5, 0.6) is 0 Å². The summed E-state index contributed by atoms with van der Waals surface area (Å²) in [5.41, 5.74) is 0.651. The van der Waals surface area contributed by atoms with Gasteiger partial charge in [0.1, 0.15) is 5.69 Å². The molecule has 1 unspecified atom stereocenters. The largest absolute Gasteiger partial charge is 0.392 e. The van der Waals surface area contributed by atoms with E-state index in [-0.39, 0.29) is 0 Å². The molecule has 20 heavy (non-hydrogen) atoms. The lowest BCUT2D eigenvalue weighted by molar-refractivity contribution is 0.102. The highest BCUT2D eigenvalue weighted by Gasteiger charge is 2.25. The Labute approximate surface area is 125 Å². The quantitative estimate of drug-likeness (QED) is 0.928. The first-order valence-electron chi connectivity index (χ1n) is 6.85. The van der Waals surface area contributed by atoms with Gasteiger partial charge < -0.3 is 9.63 Å². The predicted octanol–water partition coefficient (Wildman–Crippen LogP) is 2.99. The number of halogens is 1. The van der Waals surface area contributed by atoms with Crippen molar-refractivity contribution in [2.24, 2.45) is 5.92 Å². The first-order valence-corrected chi connectivity index (χ1v) is 7.65. The topological polar surface area (TPSA) is 72.0 Å². The summed E-state index contributed by atoms with van der Waals surface area (Å²) in [4.78, 5) is 8.55. The van der Waals surface area contributed by atoms with E-state index in [0.717, 1.165) is 17.3 Å². The maximum Gasteiger partial charge on any atom is 0.229 e. The minimum atomic E-state index is -0.391. The van der Waals surface area contributed by atoms with E-state index in [1.54, 1.807) is 6.20 Å². The zero-order valence-corrected chi connectivity index (χ0v) is 12.6. The fraction of sp³-hybridized carbons (Fsp3) is 0.500. The summed E-state index contributed by atoms with van der Waals surface area (Å²) < 4.78 is 6.05. The monoisotopic (exact) mass is 337 g/mol. The Kier molecular flexibility index (Phi) is 4.12. The Morgan fingerprint density at radius 3 is 2.95 bits per heavy atom. The van der Waals surface area contributed by atoms with Crippen molar-refractivity contribution < 1.29 is 9.63 Å². The zero-order chi connectivity index (χ0) is 13.9. The number of aliphatic hydroxyl groups excluding tert-OH is 1. The molecule has 1 atom stereocenters. The van der Waals surface area contributed by atoms with Gasteiger partial charge in [-0.2, -0.15) is 4.98 Å². The van der Waals surface area contributed by atoms with Gasteiger partial charge in [0.05, 0.1) is 12.5 Å². The van der Waals surface area contributed by atoms with Crippen molar-refractivity contribution in [3.8, 4) is 11.5 Å². The van der Waals surface area contributed by atoms with Gasteiger partial charge >= 0.3 is 0 Å². The summed E-state index contributed by atoms with van der Waals surface area (Å²) in [6.07, 6.45) is 6.31. The molecule has 6 heteroatoms. The average Bonchev–Trinajstić information content (AvgIpc) is 3.10. The average molecular weight is 338 g/mol. The highest BCUT2D eigenvalue weighted by Crippen LogP contribution is 2.29. The fourth-order valence-electron chi connectivity index (χ4n) is 2.67. The molecule has 1 aliphatic carbocycles. The van der Waals surface area contributed by atoms with E-state index in [0.29, 0.717) is 29.7 Å². The van der Waals surface area contributed by atoms with Gasteiger partial charge in [-0.05, 0) is 46.8 Å². The molecule has 0 bridgehead atoms. The van der Waals surface area contributed by atoms with Crippen LogP contribution in [0.2, 0.25) is 0 Å². The number of rotatable bonds is 4. The maximum atomic E-state index is 10.2. The van der Waals surface area contributed by atoms with E-state index in [1.807, 2.05) is 12.1 Å². The lowest BCUT2D eigenvalue weighted by atomic mass is 9.98. The van der Waals surface area contributed by atoms with E-state index in [9.17, 15) is 5.11 Å². The summed E-state index contributed by atoms with van der Waals surface area (Å²) in [6, 6.07) is 3.71. The third-order valence-corrected chi connectivity index (χ3v) is 4.41. The molecule has 0 amide bonds. The van der Waals surface area contributed by atoms with Crippen LogP contribution in [0.1, 0.15) is 31.6 Å². The van der Waals surface area contributed by atoms with Crippen molar-refractivity contribution >= 4 is 15.9 Å². The van der Waals surface area contributed by atoms with Gasteiger partial charge in [-0.25, -0.2) is 0 Å². The first-order chi connectivity index (χ1) is 9.74. The second kappa shape index (κ2) is 6.01. The molecule has 1 aliphatic rings. The minimum Gasteiger partial charge on any atom is -0.392 e. The van der Waals surface area contributed by atoms with E-state index in [2.05, 4.69) is 31.1 Å². The second-order valence-electron chi connectivity index (χ2n) is 5.16. The van der Waals surface area contributed by atoms with Crippen molar-refractivity contribution in [2.45, 2.75) is 38.2 Å². The third kappa shape index (κ3) is 2.91. The molecule has 0 radical (unpaired) electrons. The van der Waals surface area contributed by atoms with Crippen molar-refractivity contribution in [1.29, 1.82) is 0 Å². The molecule has 0 aromatic carbocycles. The van der Waals surface area contributed by atoms with Crippen molar-refractivity contribution in [1.82, 2.24) is 15.1 Å². The van der Waals surface area contributed by atoms with Gasteiger partial charge in [-0.3, -0.25) is 4.98 Å². The van der Waals surface area contributed by atoms with E-state index >= 15 is 0 Å². The number of hydrogen-bond acceptors (Lipinski definition) is 5. The van der Waals surface area contributed by atoms with Gasteiger partial charge in [0.25, 0.3) is 0 Å². The molecule has 3 rings (SSSR count). The Balaban J connectivity index is 1.72. The van der Waals surface area contributed by atoms with Gasteiger partial charge in [0.2, 0.25) is 11.7 Å². The Bertz CT molecular complexity index is 581. The van der Waals surface area contributed by atoms with Gasteiger partial charge in [0.15, 0.2) is 0 Å². The molecule has 1 N–H and O–H groups in total. The molecule has 2 aromatic rings. The lowest BCUT2D eigenvalue weighted by Gasteiger charge is -2.14. The summed E-state index contributed by atoms with van der Waals surface area (Å²) >= 11 is 3.41. The molecule has 2 aromatic heterocycles. The van der Waals surface area contributed by atoms with Crippen LogP contribution >= 0.6 is 15.9 Å². The smallest absolute Gasteiger partial charge is 0.229 e. The Morgan fingerprint density at radius 2 is 2.20 bits per heavy atom. The lowest BCUT2D eigenvalue weighted by Crippen LogP contribution is -2.20. The van der Waals surface area contributed by atoms with E-state index in [4.69, 9.17) is 4.52 Å². The van der Waals surface area contributed by atoms with Crippen LogP contribution in [-0.4, -0.2) is 26.3 Å². The van der Waals surface area contributed by atoms with Crippen LogP contribution in [0.25, 0.3) is 11.5 Å². The fourth-order valence-corrected chi connectivity index (χ4v) is 3.10. The van der Waals surface area contributed by atoms with Crippen molar-refractivity contribution in [2.75, 3.05) is 0 Å². The number of aromatic nitrogens is 3. The number of nitrogens with zero attached hydrogens (tertiary/aromatic N) is 3. The number of aliphatic hydroxyl groups is 1. The van der Waals surface area contributed by atoms with Crippen LogP contribution in [-0.2, 0) is 6.42 Å². The second-order valence-corrected chi connectivity index (χ2v) is 6.02. The van der Waals surface area contributed by atoms with Gasteiger partial charge in [-0.15, -0.1) is 0 Å². The molecule has 0 saturated heterocycles. The Morgan fingerprint density at radius 1 is 1.40 bits per heavy atom. The molecule has 0 aliphatic heterocycles. The first kappa shape index (κ1) is 13.7. The molecule has 106 valence electrons. The highest BCUT2D eigenvalue weighted by atomic mass is 79.9. The molecular weight excluding hydrogens is 322 g/mol. The van der Waals surface area contributed by atoms with Gasteiger partial charge in [-0.1, -0.05) is 18.0 Å². The molecule has 2 heterocycles. The molecular formula is C14H16BrN3O2. The van der Waals surface area contributed by atoms with Crippen LogP contribution < -0.4 is 0 Å². The van der Waals surface area contributed by atoms with Crippen LogP contribution in [0.3, 0.4) is 0 Å². The van der Waals surface area contributed by atoms with Crippen LogP contribution in [0.15, 0.2) is 27.3 Å². The van der Waals surface area contributed by atoms with E-state index in [1.165, 1.54) is 12.8 Å². The standard InChI is InChI=1S/C14H16BrN3O2/c15-10-6-3-7-16-13(10)14-17-12(20-18-14)8-11(19)9-4-1-2-5-9/h3,6-7,9,11,19H,1-2,4-5,8H2. The number of hydrogen-bond donors (Lipinski definition) is 1. The summed E-state index contributed by atoms with van der Waals surface area (Å²) in [5.74, 6) is 1.29. The van der Waals surface area contributed by atoms with Gasteiger partial charge in [0, 0.05) is 10.7 Å². The Hall–Kier alpha value is -1.27. The molecule has 1 fully saturated rings. The van der Waals surface area contributed by atoms with Crippen LogP contribution in [0.4, 0.5) is 0 Å². The van der Waals surface area contributed by atoms with Crippen molar-refractivity contribution in [3.63, 3.8) is 0 Å². The SMILES string of the molecule is OC(Cc1nc(-c2ncccc2Br)no1)C1CCCC1. The molecule has 1 saturated carbocycles. The molecule has 5 nitrogen and oxygen atoms in total. The normalized spacial score (nSPS) is 17.5.